The summed E-state index contributed by atoms with van der Waals surface area (Å²) in [5, 5.41) is 0. The largest absolute Gasteiger partial charge is 0.497 e. The lowest BCUT2D eigenvalue weighted by Gasteiger charge is -2.22. The lowest BCUT2D eigenvalue weighted by molar-refractivity contribution is -0.144. The SMILES string of the molecule is CCOC(=O)CCN(C(=O)COc1cccc(OC)c1)C1CC1. The summed E-state index contributed by atoms with van der Waals surface area (Å²) in [6.45, 7) is 2.45. The first-order valence-corrected chi connectivity index (χ1v) is 7.86. The fourth-order valence-corrected chi connectivity index (χ4v) is 2.26. The first-order chi connectivity index (χ1) is 11.1. The summed E-state index contributed by atoms with van der Waals surface area (Å²) >= 11 is 0. The molecule has 0 aromatic heterocycles. The average molecular weight is 321 g/mol. The molecule has 0 N–H and O–H groups in total. The Hall–Kier alpha value is -2.24. The lowest BCUT2D eigenvalue weighted by atomic mass is 10.3. The number of methoxy groups -OCH3 is 1. The maximum Gasteiger partial charge on any atom is 0.307 e. The number of esters is 1. The molecule has 0 saturated heterocycles. The molecule has 1 aliphatic carbocycles. The Labute approximate surface area is 136 Å². The van der Waals surface area contributed by atoms with E-state index in [1.54, 1.807) is 37.1 Å². The van der Waals surface area contributed by atoms with Crippen molar-refractivity contribution in [1.82, 2.24) is 4.90 Å². The van der Waals surface area contributed by atoms with Gasteiger partial charge in [0, 0.05) is 18.7 Å². The number of hydrogen-bond acceptors (Lipinski definition) is 5. The molecule has 1 amide bonds. The van der Waals surface area contributed by atoms with Gasteiger partial charge in [-0.1, -0.05) is 6.07 Å². The van der Waals surface area contributed by atoms with E-state index in [0.717, 1.165) is 12.8 Å². The van der Waals surface area contributed by atoms with Crippen LogP contribution in [0.25, 0.3) is 0 Å². The minimum Gasteiger partial charge on any atom is -0.497 e. The molecule has 1 fully saturated rings. The molecule has 0 unspecified atom stereocenters. The summed E-state index contributed by atoms with van der Waals surface area (Å²) in [7, 11) is 1.58. The number of benzene rings is 1. The van der Waals surface area contributed by atoms with E-state index in [9.17, 15) is 9.59 Å². The summed E-state index contributed by atoms with van der Waals surface area (Å²) in [4.78, 5) is 25.5. The van der Waals surface area contributed by atoms with Crippen molar-refractivity contribution >= 4 is 11.9 Å². The molecule has 1 aromatic rings. The lowest BCUT2D eigenvalue weighted by Crippen LogP contribution is -2.38. The van der Waals surface area contributed by atoms with Crippen LogP contribution in [0.4, 0.5) is 0 Å². The van der Waals surface area contributed by atoms with Gasteiger partial charge in [0.25, 0.3) is 5.91 Å². The van der Waals surface area contributed by atoms with Crippen molar-refractivity contribution in [2.45, 2.75) is 32.2 Å². The van der Waals surface area contributed by atoms with Gasteiger partial charge in [-0.25, -0.2) is 0 Å². The van der Waals surface area contributed by atoms with Gasteiger partial charge in [0.15, 0.2) is 6.61 Å². The first kappa shape index (κ1) is 17.1. The van der Waals surface area contributed by atoms with Gasteiger partial charge in [-0.3, -0.25) is 9.59 Å². The highest BCUT2D eigenvalue weighted by Crippen LogP contribution is 2.27. The van der Waals surface area contributed by atoms with E-state index in [-0.39, 0.29) is 30.9 Å². The Morgan fingerprint density at radius 3 is 2.65 bits per heavy atom. The number of carbonyl (C=O) groups is 2. The molecule has 6 heteroatoms. The molecule has 1 aliphatic rings. The summed E-state index contributed by atoms with van der Waals surface area (Å²) in [6.07, 6.45) is 2.18. The van der Waals surface area contributed by atoms with Crippen LogP contribution in [-0.4, -0.2) is 49.7 Å². The molecule has 0 bridgehead atoms. The summed E-state index contributed by atoms with van der Waals surface area (Å²) in [6, 6.07) is 7.34. The molecule has 126 valence electrons. The van der Waals surface area contributed by atoms with Gasteiger partial charge in [0.1, 0.15) is 11.5 Å². The minimum atomic E-state index is -0.278. The Balaban J connectivity index is 1.84. The van der Waals surface area contributed by atoms with Crippen molar-refractivity contribution in [2.24, 2.45) is 0 Å². The Morgan fingerprint density at radius 2 is 2.00 bits per heavy atom. The first-order valence-electron chi connectivity index (χ1n) is 7.86. The van der Waals surface area contributed by atoms with E-state index < -0.39 is 0 Å². The second-order valence-corrected chi connectivity index (χ2v) is 5.34. The molecule has 0 spiro atoms. The third-order valence-corrected chi connectivity index (χ3v) is 3.57. The second-order valence-electron chi connectivity index (χ2n) is 5.34. The van der Waals surface area contributed by atoms with Crippen LogP contribution in [0.2, 0.25) is 0 Å². The maximum atomic E-state index is 12.3. The third kappa shape index (κ3) is 5.47. The van der Waals surface area contributed by atoms with Crippen LogP contribution in [0.15, 0.2) is 24.3 Å². The van der Waals surface area contributed by atoms with E-state index in [2.05, 4.69) is 0 Å². The Kier molecular flexibility index (Phi) is 6.26. The fraction of sp³-hybridized carbons (Fsp3) is 0.529. The Bertz CT molecular complexity index is 542. The van der Waals surface area contributed by atoms with Crippen LogP contribution in [0.5, 0.6) is 11.5 Å². The van der Waals surface area contributed by atoms with Crippen LogP contribution in [-0.2, 0) is 14.3 Å². The van der Waals surface area contributed by atoms with Crippen LogP contribution >= 0.6 is 0 Å². The molecule has 0 atom stereocenters. The van der Waals surface area contributed by atoms with Crippen molar-refractivity contribution in [3.63, 3.8) is 0 Å². The standard InChI is InChI=1S/C17H23NO5/c1-3-22-17(20)9-10-18(13-7-8-13)16(19)12-23-15-6-4-5-14(11-15)21-2/h4-6,11,13H,3,7-10,12H2,1-2H3. The van der Waals surface area contributed by atoms with Crippen LogP contribution in [0.1, 0.15) is 26.2 Å². The number of nitrogens with zero attached hydrogens (tertiary/aromatic N) is 1. The predicted octanol–water partition coefficient (Wildman–Crippen LogP) is 2.02. The van der Waals surface area contributed by atoms with E-state index >= 15 is 0 Å². The van der Waals surface area contributed by atoms with Gasteiger partial charge in [-0.05, 0) is 31.9 Å². The van der Waals surface area contributed by atoms with E-state index in [4.69, 9.17) is 14.2 Å². The van der Waals surface area contributed by atoms with Gasteiger partial charge < -0.3 is 19.1 Å². The van der Waals surface area contributed by atoms with Crippen LogP contribution in [0.3, 0.4) is 0 Å². The molecular formula is C17H23NO5. The van der Waals surface area contributed by atoms with Crippen LogP contribution < -0.4 is 9.47 Å². The number of ether oxygens (including phenoxy) is 3. The molecule has 0 aliphatic heterocycles. The molecule has 23 heavy (non-hydrogen) atoms. The van der Waals surface area contributed by atoms with Crippen molar-refractivity contribution in [1.29, 1.82) is 0 Å². The van der Waals surface area contributed by atoms with Gasteiger partial charge in [-0.2, -0.15) is 0 Å². The van der Waals surface area contributed by atoms with Crippen molar-refractivity contribution in [3.8, 4) is 11.5 Å². The predicted molar refractivity (Wildman–Crippen MR) is 84.5 cm³/mol. The number of hydrogen-bond donors (Lipinski definition) is 0. The normalized spacial score (nSPS) is 13.3. The molecule has 1 aromatic carbocycles. The van der Waals surface area contributed by atoms with Gasteiger partial charge in [0.2, 0.25) is 0 Å². The van der Waals surface area contributed by atoms with E-state index in [1.165, 1.54) is 0 Å². The van der Waals surface area contributed by atoms with Crippen molar-refractivity contribution in [2.75, 3.05) is 26.9 Å². The summed E-state index contributed by atoms with van der Waals surface area (Å²) in [5.74, 6) is 0.870. The maximum absolute atomic E-state index is 12.3. The minimum absolute atomic E-state index is 0.0491. The molecule has 2 rings (SSSR count). The zero-order valence-electron chi connectivity index (χ0n) is 13.6. The summed E-state index contributed by atoms with van der Waals surface area (Å²) in [5.41, 5.74) is 0. The molecule has 1 saturated carbocycles. The average Bonchev–Trinajstić information content (AvgIpc) is 3.38. The molecule has 6 nitrogen and oxygen atoms in total. The molecular weight excluding hydrogens is 298 g/mol. The highest BCUT2D eigenvalue weighted by Gasteiger charge is 2.32. The fourth-order valence-electron chi connectivity index (χ4n) is 2.26. The third-order valence-electron chi connectivity index (χ3n) is 3.57. The van der Waals surface area contributed by atoms with E-state index in [1.807, 2.05) is 6.07 Å². The van der Waals surface area contributed by atoms with Gasteiger partial charge in [-0.15, -0.1) is 0 Å². The zero-order valence-corrected chi connectivity index (χ0v) is 13.6. The smallest absolute Gasteiger partial charge is 0.307 e. The highest BCUT2D eigenvalue weighted by atomic mass is 16.5. The molecule has 0 radical (unpaired) electrons. The highest BCUT2D eigenvalue weighted by molar-refractivity contribution is 5.79. The van der Waals surface area contributed by atoms with Crippen molar-refractivity contribution < 1.29 is 23.8 Å². The second kappa shape index (κ2) is 8.41. The van der Waals surface area contributed by atoms with E-state index in [0.29, 0.717) is 24.7 Å². The summed E-state index contributed by atoms with van der Waals surface area (Å²) < 4.78 is 15.6. The van der Waals surface area contributed by atoms with Crippen molar-refractivity contribution in [3.05, 3.63) is 24.3 Å². The zero-order chi connectivity index (χ0) is 16.7. The monoisotopic (exact) mass is 321 g/mol. The topological polar surface area (TPSA) is 65.1 Å². The number of carbonyl (C=O) groups excluding carboxylic acids is 2. The van der Waals surface area contributed by atoms with Crippen LogP contribution in [0, 0.1) is 0 Å². The van der Waals surface area contributed by atoms with Gasteiger partial charge in [0.05, 0.1) is 20.1 Å². The van der Waals surface area contributed by atoms with Gasteiger partial charge >= 0.3 is 5.97 Å². The Morgan fingerprint density at radius 1 is 1.26 bits per heavy atom. The number of rotatable bonds is 9. The quantitative estimate of drug-likeness (QED) is 0.651. The molecule has 0 heterocycles. The number of amides is 1.